The van der Waals surface area contributed by atoms with Crippen LogP contribution in [0.1, 0.15) is 6.92 Å². The summed E-state index contributed by atoms with van der Waals surface area (Å²) in [6.45, 7) is 3.79. The number of methoxy groups -OCH3 is 1. The molecule has 0 bridgehead atoms. The Bertz CT molecular complexity index is 679. The van der Waals surface area contributed by atoms with Gasteiger partial charge >= 0.3 is 0 Å². The number of nitrogens with zero attached hydrogens (tertiary/aromatic N) is 1. The summed E-state index contributed by atoms with van der Waals surface area (Å²) in [6.07, 6.45) is 0. The molecule has 0 unspecified atom stereocenters. The van der Waals surface area contributed by atoms with Gasteiger partial charge in [0.1, 0.15) is 11.6 Å². The highest BCUT2D eigenvalue weighted by Gasteiger charge is 2.10. The van der Waals surface area contributed by atoms with Gasteiger partial charge in [0.2, 0.25) is 5.91 Å². The van der Waals surface area contributed by atoms with Crippen LogP contribution in [0.3, 0.4) is 0 Å². The fourth-order valence-electron chi connectivity index (χ4n) is 2.27. The molecule has 1 amide bonds. The van der Waals surface area contributed by atoms with Crippen molar-refractivity contribution >= 4 is 23.4 Å². The smallest absolute Gasteiger partial charge is 0.238 e. The highest BCUT2D eigenvalue weighted by Crippen LogP contribution is 2.21. The number of rotatable bonds is 9. The number of carbonyl (C=O) groups is 1. The molecule has 134 valence electrons. The predicted molar refractivity (Wildman–Crippen MR) is 101 cm³/mol. The van der Waals surface area contributed by atoms with E-state index in [-0.39, 0.29) is 11.7 Å². The number of amides is 1. The highest BCUT2D eigenvalue weighted by atomic mass is 32.2. The number of anilines is 1. The second-order valence-corrected chi connectivity index (χ2v) is 6.56. The van der Waals surface area contributed by atoms with Gasteiger partial charge in [0.05, 0.1) is 13.7 Å². The lowest BCUT2D eigenvalue weighted by atomic mass is 10.3. The summed E-state index contributed by atoms with van der Waals surface area (Å²) < 4.78 is 18.7. The topological polar surface area (TPSA) is 41.6 Å². The third kappa shape index (κ3) is 6.40. The van der Waals surface area contributed by atoms with E-state index in [0.717, 1.165) is 23.7 Å². The molecule has 0 aliphatic rings. The van der Waals surface area contributed by atoms with E-state index < -0.39 is 0 Å². The van der Waals surface area contributed by atoms with E-state index in [9.17, 15) is 9.18 Å². The first-order chi connectivity index (χ1) is 12.1. The summed E-state index contributed by atoms with van der Waals surface area (Å²) in [7, 11) is 1.60. The van der Waals surface area contributed by atoms with E-state index in [1.165, 1.54) is 17.8 Å². The largest absolute Gasteiger partial charge is 0.497 e. The van der Waals surface area contributed by atoms with Crippen LogP contribution in [-0.4, -0.2) is 43.3 Å². The van der Waals surface area contributed by atoms with Crippen LogP contribution >= 0.6 is 11.8 Å². The summed E-state index contributed by atoms with van der Waals surface area (Å²) in [5.74, 6) is 1.21. The Labute approximate surface area is 152 Å². The molecule has 2 rings (SSSR count). The van der Waals surface area contributed by atoms with Crippen molar-refractivity contribution in [2.45, 2.75) is 11.8 Å². The predicted octanol–water partition coefficient (Wildman–Crippen LogP) is 3.89. The van der Waals surface area contributed by atoms with Crippen LogP contribution in [0.2, 0.25) is 0 Å². The molecule has 0 atom stereocenters. The van der Waals surface area contributed by atoms with Crippen molar-refractivity contribution in [3.63, 3.8) is 0 Å². The van der Waals surface area contributed by atoms with Crippen LogP contribution in [-0.2, 0) is 4.79 Å². The van der Waals surface area contributed by atoms with Gasteiger partial charge in [-0.3, -0.25) is 9.69 Å². The van der Waals surface area contributed by atoms with Crippen molar-refractivity contribution in [1.29, 1.82) is 0 Å². The maximum atomic E-state index is 13.6. The number of carbonyl (C=O) groups excluding carboxylic acids is 1. The molecule has 2 aromatic rings. The lowest BCUT2D eigenvalue weighted by molar-refractivity contribution is -0.117. The average Bonchev–Trinajstić information content (AvgIpc) is 2.63. The fraction of sp³-hybridized carbons (Fsp3) is 0.316. The van der Waals surface area contributed by atoms with Gasteiger partial charge in [-0.05, 0) is 42.9 Å². The lowest BCUT2D eigenvalue weighted by Gasteiger charge is -2.19. The van der Waals surface area contributed by atoms with Crippen LogP contribution in [0.25, 0.3) is 0 Å². The molecule has 0 aliphatic heterocycles. The minimum Gasteiger partial charge on any atom is -0.497 e. The third-order valence-electron chi connectivity index (χ3n) is 3.69. The minimum atomic E-state index is -0.201. The van der Waals surface area contributed by atoms with E-state index in [0.29, 0.717) is 18.0 Å². The van der Waals surface area contributed by atoms with Gasteiger partial charge in [-0.15, -0.1) is 11.8 Å². The van der Waals surface area contributed by atoms with Gasteiger partial charge in [0, 0.05) is 22.9 Å². The number of hydrogen-bond donors (Lipinski definition) is 1. The summed E-state index contributed by atoms with van der Waals surface area (Å²) >= 11 is 1.46. The standard InChI is InChI=1S/C19H23FN2O2S/c1-3-22(12-13-25-18-7-5-4-6-17(18)20)14-19(23)21-15-8-10-16(24-2)11-9-15/h4-11H,3,12-14H2,1-2H3,(H,21,23). The molecule has 25 heavy (non-hydrogen) atoms. The number of ether oxygens (including phenoxy) is 1. The molecule has 0 spiro atoms. The SMILES string of the molecule is CCN(CCSc1ccccc1F)CC(=O)Nc1ccc(OC)cc1. The van der Waals surface area contributed by atoms with Crippen LogP contribution in [0.5, 0.6) is 5.75 Å². The molecule has 2 aromatic carbocycles. The van der Waals surface area contributed by atoms with E-state index in [1.54, 1.807) is 43.5 Å². The minimum absolute atomic E-state index is 0.0668. The Morgan fingerprint density at radius 1 is 1.20 bits per heavy atom. The number of halogens is 1. The van der Waals surface area contributed by atoms with Gasteiger partial charge in [-0.25, -0.2) is 4.39 Å². The zero-order valence-electron chi connectivity index (χ0n) is 14.5. The first kappa shape index (κ1) is 19.3. The lowest BCUT2D eigenvalue weighted by Crippen LogP contribution is -2.34. The molecule has 0 fully saturated rings. The van der Waals surface area contributed by atoms with Crippen LogP contribution in [0.15, 0.2) is 53.4 Å². The number of thioether (sulfide) groups is 1. The van der Waals surface area contributed by atoms with Crippen molar-refractivity contribution in [2.24, 2.45) is 0 Å². The van der Waals surface area contributed by atoms with Crippen molar-refractivity contribution in [3.05, 3.63) is 54.3 Å². The first-order valence-electron chi connectivity index (χ1n) is 8.16. The van der Waals surface area contributed by atoms with Gasteiger partial charge < -0.3 is 10.1 Å². The van der Waals surface area contributed by atoms with Crippen LogP contribution in [0, 0.1) is 5.82 Å². The monoisotopic (exact) mass is 362 g/mol. The van der Waals surface area contributed by atoms with Gasteiger partial charge in [-0.2, -0.15) is 0 Å². The maximum Gasteiger partial charge on any atom is 0.238 e. The molecular weight excluding hydrogens is 339 g/mol. The average molecular weight is 362 g/mol. The van der Waals surface area contributed by atoms with E-state index in [4.69, 9.17) is 4.74 Å². The normalized spacial score (nSPS) is 10.7. The second kappa shape index (κ2) is 10.1. The molecule has 1 N–H and O–H groups in total. The molecule has 0 heterocycles. The second-order valence-electron chi connectivity index (χ2n) is 5.42. The maximum absolute atomic E-state index is 13.6. The summed E-state index contributed by atoms with van der Waals surface area (Å²) in [4.78, 5) is 14.8. The summed E-state index contributed by atoms with van der Waals surface area (Å²) in [5.41, 5.74) is 0.739. The number of hydrogen-bond acceptors (Lipinski definition) is 4. The summed E-state index contributed by atoms with van der Waals surface area (Å²) in [6, 6.07) is 14.0. The van der Waals surface area contributed by atoms with Crippen LogP contribution < -0.4 is 10.1 Å². The Balaban J connectivity index is 1.78. The fourth-order valence-corrected chi connectivity index (χ4v) is 3.22. The molecule has 0 aromatic heterocycles. The number of nitrogens with one attached hydrogen (secondary N) is 1. The molecule has 0 aliphatic carbocycles. The molecule has 6 heteroatoms. The molecule has 0 radical (unpaired) electrons. The van der Waals surface area contributed by atoms with Gasteiger partial charge in [0.25, 0.3) is 0 Å². The Morgan fingerprint density at radius 3 is 2.56 bits per heavy atom. The Hall–Kier alpha value is -2.05. The Kier molecular flexibility index (Phi) is 7.76. The van der Waals surface area contributed by atoms with Crippen molar-refractivity contribution < 1.29 is 13.9 Å². The Morgan fingerprint density at radius 2 is 1.92 bits per heavy atom. The van der Waals surface area contributed by atoms with Crippen molar-refractivity contribution in [3.8, 4) is 5.75 Å². The first-order valence-corrected chi connectivity index (χ1v) is 9.14. The van der Waals surface area contributed by atoms with Gasteiger partial charge in [-0.1, -0.05) is 19.1 Å². The van der Waals surface area contributed by atoms with Crippen LogP contribution in [0.4, 0.5) is 10.1 Å². The van der Waals surface area contributed by atoms with E-state index >= 15 is 0 Å². The van der Waals surface area contributed by atoms with E-state index in [1.807, 2.05) is 17.9 Å². The van der Waals surface area contributed by atoms with E-state index in [2.05, 4.69) is 5.32 Å². The molecular formula is C19H23FN2O2S. The van der Waals surface area contributed by atoms with Crippen molar-refractivity contribution in [2.75, 3.05) is 37.8 Å². The van der Waals surface area contributed by atoms with Gasteiger partial charge in [0.15, 0.2) is 0 Å². The zero-order valence-corrected chi connectivity index (χ0v) is 15.3. The van der Waals surface area contributed by atoms with Crippen molar-refractivity contribution in [1.82, 2.24) is 4.90 Å². The molecule has 4 nitrogen and oxygen atoms in total. The zero-order chi connectivity index (χ0) is 18.1. The molecule has 0 saturated heterocycles. The summed E-state index contributed by atoms with van der Waals surface area (Å²) in [5, 5.41) is 2.87. The number of likely N-dealkylation sites (N-methyl/N-ethyl adjacent to an activating group) is 1. The molecule has 0 saturated carbocycles. The number of benzene rings is 2. The highest BCUT2D eigenvalue weighted by molar-refractivity contribution is 7.99. The third-order valence-corrected chi connectivity index (χ3v) is 4.72. The quantitative estimate of drug-likeness (QED) is 0.687.